The number of rotatable bonds is 4. The van der Waals surface area contributed by atoms with Gasteiger partial charge < -0.3 is 10.1 Å². The van der Waals surface area contributed by atoms with Crippen LogP contribution in [0.5, 0.6) is 0 Å². The van der Waals surface area contributed by atoms with E-state index in [-0.39, 0.29) is 11.4 Å². The molecule has 0 unspecified atom stereocenters. The molecule has 1 amide bonds. The van der Waals surface area contributed by atoms with Gasteiger partial charge in [-0.25, -0.2) is 4.79 Å². The number of carbonyl (C=O) groups is 2. The van der Waals surface area contributed by atoms with Gasteiger partial charge in [-0.1, -0.05) is 29.3 Å². The van der Waals surface area contributed by atoms with Gasteiger partial charge in [-0.2, -0.15) is 0 Å². The van der Waals surface area contributed by atoms with Gasteiger partial charge in [0.15, 0.2) is 6.10 Å². The molecule has 1 aromatic carbocycles. The van der Waals surface area contributed by atoms with Crippen molar-refractivity contribution in [1.29, 1.82) is 0 Å². The van der Waals surface area contributed by atoms with Crippen molar-refractivity contribution >= 4 is 41.2 Å². The van der Waals surface area contributed by atoms with Crippen molar-refractivity contribution in [3.05, 3.63) is 39.9 Å². The SMILES string of the molecule is C[C@@H](OC(=O)/C=C/c1ccc(Cl)c(Cl)c1)C(=O)NC(C)(C)C. The third-order valence-corrected chi connectivity index (χ3v) is 3.25. The Kier molecular flexibility index (Phi) is 6.45. The summed E-state index contributed by atoms with van der Waals surface area (Å²) >= 11 is 11.7. The zero-order valence-electron chi connectivity index (χ0n) is 12.9. The number of nitrogens with one attached hydrogen (secondary N) is 1. The van der Waals surface area contributed by atoms with Gasteiger partial charge in [0.1, 0.15) is 0 Å². The largest absolute Gasteiger partial charge is 0.449 e. The third-order valence-electron chi connectivity index (χ3n) is 2.52. The standard InChI is InChI=1S/C16H19Cl2NO3/c1-10(15(21)19-16(2,3)4)22-14(20)8-6-11-5-7-12(17)13(18)9-11/h5-10H,1-4H3,(H,19,21)/b8-6+/t10-/m1/s1. The van der Waals surface area contributed by atoms with Crippen LogP contribution in [0, 0.1) is 0 Å². The number of carbonyl (C=O) groups excluding carboxylic acids is 2. The van der Waals surface area contributed by atoms with E-state index in [0.29, 0.717) is 15.6 Å². The molecule has 0 fully saturated rings. The van der Waals surface area contributed by atoms with Crippen molar-refractivity contribution in [1.82, 2.24) is 5.32 Å². The van der Waals surface area contributed by atoms with E-state index in [9.17, 15) is 9.59 Å². The summed E-state index contributed by atoms with van der Waals surface area (Å²) in [6.45, 7) is 7.07. The van der Waals surface area contributed by atoms with Gasteiger partial charge in [-0.15, -0.1) is 0 Å². The first-order chi connectivity index (χ1) is 10.1. The first kappa shape index (κ1) is 18.5. The fourth-order valence-corrected chi connectivity index (χ4v) is 1.83. The van der Waals surface area contributed by atoms with Crippen molar-refractivity contribution < 1.29 is 14.3 Å². The summed E-state index contributed by atoms with van der Waals surface area (Å²) < 4.78 is 5.04. The predicted molar refractivity (Wildman–Crippen MR) is 88.9 cm³/mol. The monoisotopic (exact) mass is 343 g/mol. The fraction of sp³-hybridized carbons (Fsp3) is 0.375. The van der Waals surface area contributed by atoms with Crippen LogP contribution in [0.25, 0.3) is 6.08 Å². The maximum Gasteiger partial charge on any atom is 0.331 e. The normalized spacial score (nSPS) is 13.0. The quantitative estimate of drug-likeness (QED) is 0.667. The highest BCUT2D eigenvalue weighted by molar-refractivity contribution is 6.42. The van der Waals surface area contributed by atoms with Crippen molar-refractivity contribution in [3.63, 3.8) is 0 Å². The third kappa shape index (κ3) is 6.50. The number of amides is 1. The molecule has 4 nitrogen and oxygen atoms in total. The zero-order chi connectivity index (χ0) is 16.9. The molecule has 1 N–H and O–H groups in total. The van der Waals surface area contributed by atoms with Gasteiger partial charge in [-0.05, 0) is 51.5 Å². The molecule has 0 saturated heterocycles. The van der Waals surface area contributed by atoms with Gasteiger partial charge in [0.05, 0.1) is 10.0 Å². The molecule has 0 aliphatic carbocycles. The van der Waals surface area contributed by atoms with Gasteiger partial charge in [0.25, 0.3) is 5.91 Å². The molecule has 1 rings (SSSR count). The fourth-order valence-electron chi connectivity index (χ4n) is 1.52. The topological polar surface area (TPSA) is 55.4 Å². The number of hydrogen-bond donors (Lipinski definition) is 1. The van der Waals surface area contributed by atoms with E-state index < -0.39 is 12.1 Å². The number of benzene rings is 1. The Labute approximate surface area is 140 Å². The summed E-state index contributed by atoms with van der Waals surface area (Å²) in [6, 6.07) is 4.98. The Morgan fingerprint density at radius 3 is 2.41 bits per heavy atom. The lowest BCUT2D eigenvalue weighted by Crippen LogP contribution is -2.46. The van der Waals surface area contributed by atoms with Crippen molar-refractivity contribution in [2.24, 2.45) is 0 Å². The van der Waals surface area contributed by atoms with Crippen LogP contribution in [0.3, 0.4) is 0 Å². The minimum absolute atomic E-state index is 0.344. The minimum Gasteiger partial charge on any atom is -0.449 e. The minimum atomic E-state index is -0.870. The first-order valence-corrected chi connectivity index (χ1v) is 7.50. The highest BCUT2D eigenvalue weighted by Gasteiger charge is 2.21. The van der Waals surface area contributed by atoms with Crippen LogP contribution in [0.4, 0.5) is 0 Å². The molecule has 120 valence electrons. The molecule has 0 aliphatic heterocycles. The van der Waals surface area contributed by atoms with Crippen LogP contribution in [-0.4, -0.2) is 23.5 Å². The van der Waals surface area contributed by atoms with Crippen LogP contribution >= 0.6 is 23.2 Å². The zero-order valence-corrected chi connectivity index (χ0v) is 14.5. The lowest BCUT2D eigenvalue weighted by atomic mass is 10.1. The Hall–Kier alpha value is -1.52. The highest BCUT2D eigenvalue weighted by atomic mass is 35.5. The molecule has 0 heterocycles. The molecule has 0 radical (unpaired) electrons. The summed E-state index contributed by atoms with van der Waals surface area (Å²) in [7, 11) is 0. The summed E-state index contributed by atoms with van der Waals surface area (Å²) in [5, 5.41) is 3.58. The van der Waals surface area contributed by atoms with E-state index in [0.717, 1.165) is 0 Å². The summed E-state index contributed by atoms with van der Waals surface area (Å²) in [5.74, 6) is -0.952. The van der Waals surface area contributed by atoms with Gasteiger partial charge in [-0.3, -0.25) is 4.79 Å². The Bertz CT molecular complexity index is 592. The molecule has 0 aromatic heterocycles. The smallest absolute Gasteiger partial charge is 0.331 e. The molecule has 0 aliphatic rings. The summed E-state index contributed by atoms with van der Waals surface area (Å²) in [6.07, 6.45) is 1.91. The second-order valence-electron chi connectivity index (χ2n) is 5.83. The van der Waals surface area contributed by atoms with Gasteiger partial charge >= 0.3 is 5.97 Å². The number of esters is 1. The summed E-state index contributed by atoms with van der Waals surface area (Å²) in [5.41, 5.74) is 0.325. The average Bonchev–Trinajstić information content (AvgIpc) is 2.38. The lowest BCUT2D eigenvalue weighted by molar-refractivity contribution is -0.150. The first-order valence-electron chi connectivity index (χ1n) is 6.74. The Morgan fingerprint density at radius 2 is 1.86 bits per heavy atom. The van der Waals surface area contributed by atoms with Crippen LogP contribution in [0.15, 0.2) is 24.3 Å². The van der Waals surface area contributed by atoms with E-state index in [1.807, 2.05) is 20.8 Å². The van der Waals surface area contributed by atoms with E-state index in [2.05, 4.69) is 5.32 Å². The second-order valence-corrected chi connectivity index (χ2v) is 6.64. The number of hydrogen-bond acceptors (Lipinski definition) is 3. The Balaban J connectivity index is 2.60. The molecule has 0 saturated carbocycles. The molecule has 0 spiro atoms. The molecule has 1 aromatic rings. The molecular weight excluding hydrogens is 325 g/mol. The van der Waals surface area contributed by atoms with E-state index in [1.165, 1.54) is 13.0 Å². The maximum atomic E-state index is 11.8. The maximum absolute atomic E-state index is 11.8. The Morgan fingerprint density at radius 1 is 1.23 bits per heavy atom. The van der Waals surface area contributed by atoms with E-state index in [4.69, 9.17) is 27.9 Å². The van der Waals surface area contributed by atoms with Crippen LogP contribution < -0.4 is 5.32 Å². The van der Waals surface area contributed by atoms with Crippen LogP contribution in [0.1, 0.15) is 33.3 Å². The van der Waals surface area contributed by atoms with Crippen LogP contribution in [-0.2, 0) is 14.3 Å². The van der Waals surface area contributed by atoms with E-state index in [1.54, 1.807) is 24.3 Å². The molecule has 6 heteroatoms. The molecule has 0 bridgehead atoms. The molecular formula is C16H19Cl2NO3. The predicted octanol–water partition coefficient (Wildman–Crippen LogP) is 3.85. The second kappa shape index (κ2) is 7.65. The highest BCUT2D eigenvalue weighted by Crippen LogP contribution is 2.23. The van der Waals surface area contributed by atoms with Crippen molar-refractivity contribution in [2.45, 2.75) is 39.3 Å². The van der Waals surface area contributed by atoms with Crippen molar-refractivity contribution in [2.75, 3.05) is 0 Å². The van der Waals surface area contributed by atoms with Gasteiger partial charge in [0.2, 0.25) is 0 Å². The number of ether oxygens (including phenoxy) is 1. The lowest BCUT2D eigenvalue weighted by Gasteiger charge is -2.22. The number of halogens is 2. The van der Waals surface area contributed by atoms with Crippen LogP contribution in [0.2, 0.25) is 10.0 Å². The average molecular weight is 344 g/mol. The summed E-state index contributed by atoms with van der Waals surface area (Å²) in [4.78, 5) is 23.5. The van der Waals surface area contributed by atoms with E-state index >= 15 is 0 Å². The van der Waals surface area contributed by atoms with Gasteiger partial charge in [0, 0.05) is 11.6 Å². The molecule has 22 heavy (non-hydrogen) atoms. The molecule has 1 atom stereocenters. The van der Waals surface area contributed by atoms with Crippen molar-refractivity contribution in [3.8, 4) is 0 Å².